The van der Waals surface area contributed by atoms with Crippen LogP contribution in [-0.4, -0.2) is 38.0 Å². The van der Waals surface area contributed by atoms with Gasteiger partial charge >= 0.3 is 0 Å². The van der Waals surface area contributed by atoms with Gasteiger partial charge in [0.1, 0.15) is 0 Å². The van der Waals surface area contributed by atoms with E-state index in [-0.39, 0.29) is 11.8 Å². The van der Waals surface area contributed by atoms with Crippen LogP contribution in [0, 0.1) is 11.8 Å². The van der Waals surface area contributed by atoms with Crippen LogP contribution in [0.5, 0.6) is 0 Å². The highest BCUT2D eigenvalue weighted by molar-refractivity contribution is 5.73. The van der Waals surface area contributed by atoms with Crippen molar-refractivity contribution >= 4 is 11.0 Å². The smallest absolute Gasteiger partial charge is 0.0991 e. The first-order valence-corrected chi connectivity index (χ1v) is 9.79. The first-order chi connectivity index (χ1) is 13.2. The number of aliphatic hydroxyl groups is 1. The van der Waals surface area contributed by atoms with Crippen LogP contribution < -0.4 is 0 Å². The summed E-state index contributed by atoms with van der Waals surface area (Å²) in [5, 5.41) is 11.7. The second kappa shape index (κ2) is 6.66. The van der Waals surface area contributed by atoms with Gasteiger partial charge in [0, 0.05) is 49.4 Å². The Balaban J connectivity index is 1.39. The summed E-state index contributed by atoms with van der Waals surface area (Å²) in [6.45, 7) is 2.56. The van der Waals surface area contributed by atoms with Crippen molar-refractivity contribution in [2.24, 2.45) is 11.8 Å². The fourth-order valence-electron chi connectivity index (χ4n) is 5.04. The zero-order chi connectivity index (χ0) is 18.3. The Morgan fingerprint density at radius 2 is 1.78 bits per heavy atom. The Labute approximate surface area is 159 Å². The van der Waals surface area contributed by atoms with E-state index in [1.807, 2.05) is 48.8 Å². The summed E-state index contributed by atoms with van der Waals surface area (Å²) in [6.07, 6.45) is 8.82. The fraction of sp³-hybridized carbons (Fsp3) is 0.409. The molecule has 1 aromatic carbocycles. The average molecular weight is 360 g/mol. The van der Waals surface area contributed by atoms with Crippen molar-refractivity contribution in [3.63, 3.8) is 0 Å². The van der Waals surface area contributed by atoms with Crippen LogP contribution in [0.4, 0.5) is 0 Å². The van der Waals surface area contributed by atoms with Gasteiger partial charge in [0.15, 0.2) is 0 Å². The molecule has 2 bridgehead atoms. The minimum atomic E-state index is -0.752. The Morgan fingerprint density at radius 3 is 2.52 bits per heavy atom. The molecule has 1 aliphatic carbocycles. The second-order valence-electron chi connectivity index (χ2n) is 7.94. The number of aromatic nitrogens is 3. The first kappa shape index (κ1) is 16.8. The molecule has 27 heavy (non-hydrogen) atoms. The van der Waals surface area contributed by atoms with Gasteiger partial charge in [-0.05, 0) is 31.0 Å². The standard InChI is InChI=1S/C22H24N4O/c27-22(16-7-4-10-23-11-16)17-5-3-6-18(22)14-26(13-17)15-19-12-24-20-8-1-2-9-21(20)25-19/h1-2,4,7-12,17-18,27H,3,5-6,13-15H2/t17-,18-/m1/s1. The number of hydrogen-bond donors (Lipinski definition) is 1. The molecule has 5 nitrogen and oxygen atoms in total. The van der Waals surface area contributed by atoms with Gasteiger partial charge in [0.2, 0.25) is 0 Å². The molecule has 1 N–H and O–H groups in total. The molecular weight excluding hydrogens is 336 g/mol. The predicted molar refractivity (Wildman–Crippen MR) is 104 cm³/mol. The lowest BCUT2D eigenvalue weighted by Crippen LogP contribution is -2.57. The molecule has 2 atom stereocenters. The van der Waals surface area contributed by atoms with Crippen LogP contribution in [0.2, 0.25) is 0 Å². The van der Waals surface area contributed by atoms with E-state index < -0.39 is 5.60 Å². The number of nitrogens with zero attached hydrogens (tertiary/aromatic N) is 4. The molecule has 3 heterocycles. The minimum Gasteiger partial charge on any atom is -0.384 e. The van der Waals surface area contributed by atoms with Crippen molar-refractivity contribution in [3.05, 3.63) is 66.2 Å². The maximum absolute atomic E-state index is 11.7. The van der Waals surface area contributed by atoms with Gasteiger partial charge in [-0.2, -0.15) is 0 Å². The number of hydrogen-bond acceptors (Lipinski definition) is 5. The Hall–Kier alpha value is -2.37. The van der Waals surface area contributed by atoms with E-state index in [0.717, 1.165) is 54.8 Å². The number of likely N-dealkylation sites (tertiary alicyclic amines) is 1. The third-order valence-electron chi connectivity index (χ3n) is 6.32. The molecule has 5 rings (SSSR count). The molecule has 5 heteroatoms. The molecule has 3 aromatic rings. The number of piperidine rings is 1. The molecule has 2 fully saturated rings. The number of fused-ring (bicyclic) bond motifs is 3. The van der Waals surface area contributed by atoms with Gasteiger partial charge in [0.25, 0.3) is 0 Å². The molecule has 1 aliphatic heterocycles. The lowest BCUT2D eigenvalue weighted by molar-refractivity contribution is -0.148. The maximum Gasteiger partial charge on any atom is 0.0991 e. The van der Waals surface area contributed by atoms with Gasteiger partial charge in [0.05, 0.1) is 28.5 Å². The highest BCUT2D eigenvalue weighted by Gasteiger charge is 2.51. The summed E-state index contributed by atoms with van der Waals surface area (Å²) in [5.41, 5.74) is 3.10. The SMILES string of the molecule is OC1(c2cccnc2)[C@@H]2CCC[C@@H]1CN(Cc1cnc3ccccc3n1)C2. The number of para-hydroxylation sites is 2. The lowest BCUT2D eigenvalue weighted by Gasteiger charge is -2.53. The van der Waals surface area contributed by atoms with E-state index in [0.29, 0.717) is 0 Å². The molecule has 2 aliphatic rings. The Morgan fingerprint density at radius 1 is 1.00 bits per heavy atom. The summed E-state index contributed by atoms with van der Waals surface area (Å²) >= 11 is 0. The third-order valence-corrected chi connectivity index (χ3v) is 6.32. The van der Waals surface area contributed by atoms with Crippen LogP contribution in [0.25, 0.3) is 11.0 Å². The molecular formula is C22H24N4O. The number of benzene rings is 1. The van der Waals surface area contributed by atoms with E-state index in [9.17, 15) is 5.11 Å². The normalized spacial score (nSPS) is 28.3. The fourth-order valence-corrected chi connectivity index (χ4v) is 5.04. The maximum atomic E-state index is 11.7. The molecule has 0 spiro atoms. The quantitative estimate of drug-likeness (QED) is 0.777. The van der Waals surface area contributed by atoms with Crippen molar-refractivity contribution in [2.75, 3.05) is 13.1 Å². The summed E-state index contributed by atoms with van der Waals surface area (Å²) in [4.78, 5) is 16.0. The van der Waals surface area contributed by atoms with E-state index in [4.69, 9.17) is 4.98 Å². The Kier molecular flexibility index (Phi) is 4.14. The van der Waals surface area contributed by atoms with Crippen molar-refractivity contribution < 1.29 is 5.11 Å². The van der Waals surface area contributed by atoms with Gasteiger partial charge in [-0.3, -0.25) is 14.9 Å². The highest BCUT2D eigenvalue weighted by Crippen LogP contribution is 2.49. The summed E-state index contributed by atoms with van der Waals surface area (Å²) < 4.78 is 0. The van der Waals surface area contributed by atoms with Crippen LogP contribution in [0.1, 0.15) is 30.5 Å². The zero-order valence-corrected chi connectivity index (χ0v) is 15.3. The second-order valence-corrected chi connectivity index (χ2v) is 7.94. The molecule has 0 amide bonds. The molecule has 0 radical (unpaired) electrons. The number of rotatable bonds is 3. The van der Waals surface area contributed by atoms with Crippen molar-refractivity contribution in [1.82, 2.24) is 19.9 Å². The van der Waals surface area contributed by atoms with Crippen LogP contribution in [-0.2, 0) is 12.1 Å². The van der Waals surface area contributed by atoms with E-state index in [1.165, 1.54) is 6.42 Å². The van der Waals surface area contributed by atoms with Crippen LogP contribution in [0.3, 0.4) is 0 Å². The van der Waals surface area contributed by atoms with Crippen LogP contribution in [0.15, 0.2) is 55.0 Å². The third kappa shape index (κ3) is 2.91. The lowest BCUT2D eigenvalue weighted by atomic mass is 9.63. The minimum absolute atomic E-state index is 0.239. The average Bonchev–Trinajstić information content (AvgIpc) is 2.69. The van der Waals surface area contributed by atoms with Crippen molar-refractivity contribution in [3.8, 4) is 0 Å². The molecule has 138 valence electrons. The topological polar surface area (TPSA) is 62.1 Å². The largest absolute Gasteiger partial charge is 0.384 e. The van der Waals surface area contributed by atoms with Crippen LogP contribution >= 0.6 is 0 Å². The highest BCUT2D eigenvalue weighted by atomic mass is 16.3. The first-order valence-electron chi connectivity index (χ1n) is 9.79. The molecule has 0 unspecified atom stereocenters. The summed E-state index contributed by atoms with van der Waals surface area (Å²) in [6, 6.07) is 12.0. The van der Waals surface area contributed by atoms with E-state index >= 15 is 0 Å². The molecule has 1 saturated carbocycles. The van der Waals surface area contributed by atoms with Gasteiger partial charge < -0.3 is 5.11 Å². The van der Waals surface area contributed by atoms with Crippen molar-refractivity contribution in [1.29, 1.82) is 0 Å². The summed E-state index contributed by atoms with van der Waals surface area (Å²) in [5.74, 6) is 0.477. The summed E-state index contributed by atoms with van der Waals surface area (Å²) in [7, 11) is 0. The Bertz CT molecular complexity index is 931. The molecule has 1 saturated heterocycles. The van der Waals surface area contributed by atoms with Gasteiger partial charge in [-0.15, -0.1) is 0 Å². The monoisotopic (exact) mass is 360 g/mol. The van der Waals surface area contributed by atoms with E-state index in [2.05, 4.69) is 14.9 Å². The molecule has 2 aromatic heterocycles. The van der Waals surface area contributed by atoms with Gasteiger partial charge in [-0.1, -0.05) is 24.6 Å². The predicted octanol–water partition coefficient (Wildman–Crippen LogP) is 3.14. The van der Waals surface area contributed by atoms with Gasteiger partial charge in [-0.25, -0.2) is 4.98 Å². The van der Waals surface area contributed by atoms with E-state index in [1.54, 1.807) is 6.20 Å². The van der Waals surface area contributed by atoms with Crippen molar-refractivity contribution in [2.45, 2.75) is 31.4 Å². The number of pyridine rings is 1. The zero-order valence-electron chi connectivity index (χ0n) is 15.3.